The molecule has 0 bridgehead atoms. The van der Waals surface area contributed by atoms with Crippen LogP contribution in [-0.2, 0) is 26.5 Å². The van der Waals surface area contributed by atoms with E-state index < -0.39 is 11.7 Å². The average molecular weight is 459 g/mol. The number of carbonyl (C=O) groups is 1. The number of nitrogens with zero attached hydrogens (tertiary/aromatic N) is 2. The second-order valence-corrected chi connectivity index (χ2v) is 12.3. The number of hydrogen-bond donors (Lipinski definition) is 0. The van der Waals surface area contributed by atoms with Gasteiger partial charge in [-0.15, -0.1) is 0 Å². The van der Waals surface area contributed by atoms with Crippen LogP contribution in [0.1, 0.15) is 25.0 Å². The Morgan fingerprint density at radius 2 is 1.50 bits per heavy atom. The molecule has 0 saturated heterocycles. The Labute approximate surface area is 193 Å². The molecule has 1 unspecified atom stereocenters. The minimum atomic E-state index is -2.96. The minimum Gasteiger partial charge on any atom is -0.439 e. The summed E-state index contributed by atoms with van der Waals surface area (Å²) in [5.41, 5.74) is 3.42. The maximum Gasteiger partial charge on any atom is 0.286 e. The first-order valence-electron chi connectivity index (χ1n) is 10.5. The Morgan fingerprint density at radius 1 is 0.906 bits per heavy atom. The van der Waals surface area contributed by atoms with E-state index in [0.29, 0.717) is 11.2 Å². The summed E-state index contributed by atoms with van der Waals surface area (Å²) in [5, 5.41) is 1.34. The Bertz CT molecular complexity index is 1330. The van der Waals surface area contributed by atoms with Gasteiger partial charge in [0.25, 0.3) is 5.91 Å². The molecule has 0 radical (unpaired) electrons. The van der Waals surface area contributed by atoms with E-state index in [1.54, 1.807) is 0 Å². The topological polar surface area (TPSA) is 41.9 Å². The molecule has 2 aliphatic heterocycles. The van der Waals surface area contributed by atoms with Gasteiger partial charge in [0.15, 0.2) is 6.26 Å². The van der Waals surface area contributed by atoms with E-state index in [9.17, 15) is 4.79 Å². The molecule has 3 aromatic rings. The molecule has 2 heterocycles. The number of likely N-dealkylation sites (N-methyl/N-ethyl adjacent to an activating group) is 1. The molecule has 5 rings (SSSR count). The van der Waals surface area contributed by atoms with Crippen LogP contribution in [0.15, 0.2) is 101 Å². The highest BCUT2D eigenvalue weighted by Crippen LogP contribution is 2.62. The van der Waals surface area contributed by atoms with Gasteiger partial charge in [-0.1, -0.05) is 80.6 Å². The smallest absolute Gasteiger partial charge is 0.286 e. The quantitative estimate of drug-likeness (QED) is 0.384. The number of anilines is 1. The van der Waals surface area contributed by atoms with Crippen LogP contribution in [-0.4, -0.2) is 18.9 Å². The van der Waals surface area contributed by atoms with Gasteiger partial charge < -0.3 is 9.42 Å². The van der Waals surface area contributed by atoms with E-state index in [4.69, 9.17) is 16.3 Å². The zero-order valence-electron chi connectivity index (χ0n) is 18.1. The van der Waals surface area contributed by atoms with E-state index in [1.165, 1.54) is 0 Å². The van der Waals surface area contributed by atoms with E-state index >= 15 is 0 Å². The summed E-state index contributed by atoms with van der Waals surface area (Å²) < 4.78 is 6.55. The summed E-state index contributed by atoms with van der Waals surface area (Å²) in [6.07, 6.45) is -2.96. The van der Waals surface area contributed by atoms with Gasteiger partial charge in [0, 0.05) is 34.7 Å². The predicted octanol–water partition coefficient (Wildman–Crippen LogP) is 5.35. The molecule has 0 spiro atoms. The third kappa shape index (κ3) is 3.08. The molecule has 6 heteroatoms. The monoisotopic (exact) mass is 458 g/mol. The number of allylic oxidation sites excluding steroid dienone is 1. The third-order valence-electron chi connectivity index (χ3n) is 6.12. The molecular formula is C26H23N2O2PS. The van der Waals surface area contributed by atoms with Gasteiger partial charge in [-0.25, -0.2) is 0 Å². The van der Waals surface area contributed by atoms with Gasteiger partial charge in [0.05, 0.1) is 0 Å². The summed E-state index contributed by atoms with van der Waals surface area (Å²) in [7, 11) is 1.99. The third-order valence-corrected chi connectivity index (χ3v) is 9.93. The number of aliphatic imine (C=N–C) groups is 1. The van der Waals surface area contributed by atoms with Crippen LogP contribution in [0.25, 0.3) is 0 Å². The Morgan fingerprint density at radius 3 is 2.16 bits per heavy atom. The number of carbonyl (C=O) groups excluding carboxylic acids is 1. The van der Waals surface area contributed by atoms with Crippen LogP contribution in [0.3, 0.4) is 0 Å². The molecule has 1 amide bonds. The maximum absolute atomic E-state index is 13.7. The first-order valence-corrected chi connectivity index (χ1v) is 13.2. The largest absolute Gasteiger partial charge is 0.439 e. The lowest BCUT2D eigenvalue weighted by molar-refractivity contribution is -0.114. The molecule has 0 aliphatic carbocycles. The minimum absolute atomic E-state index is 0.295. The fraction of sp³-hybridized carbons (Fsp3) is 0.154. The van der Waals surface area contributed by atoms with Crippen molar-refractivity contribution in [2.24, 2.45) is 4.99 Å². The summed E-state index contributed by atoms with van der Waals surface area (Å²) >= 11 is 6.30. The zero-order valence-corrected chi connectivity index (χ0v) is 19.9. The first-order chi connectivity index (χ1) is 15.3. The predicted molar refractivity (Wildman–Crippen MR) is 134 cm³/mol. The number of benzene rings is 3. The molecule has 160 valence electrons. The summed E-state index contributed by atoms with van der Waals surface area (Å²) in [4.78, 5) is 20.2. The second-order valence-electron chi connectivity index (χ2n) is 8.46. The molecule has 0 N–H and O–H groups in total. The highest BCUT2D eigenvalue weighted by atomic mass is 32.4. The van der Waals surface area contributed by atoms with E-state index in [0.717, 1.165) is 27.8 Å². The fourth-order valence-electron chi connectivity index (χ4n) is 4.62. The summed E-state index contributed by atoms with van der Waals surface area (Å²) in [6.45, 7) is 4.26. The van der Waals surface area contributed by atoms with Gasteiger partial charge in [0.2, 0.25) is 5.90 Å². The van der Waals surface area contributed by atoms with Crippen LogP contribution >= 0.6 is 6.26 Å². The first kappa shape index (κ1) is 20.9. The normalized spacial score (nSPS) is 24.0. The number of hydrogen-bond acceptors (Lipinski definition) is 4. The fourth-order valence-corrected chi connectivity index (χ4v) is 8.11. The molecule has 0 saturated carbocycles. The van der Waals surface area contributed by atoms with Crippen molar-refractivity contribution in [3.63, 3.8) is 0 Å². The van der Waals surface area contributed by atoms with Crippen molar-refractivity contribution in [3.05, 3.63) is 107 Å². The maximum atomic E-state index is 13.7. The van der Waals surface area contributed by atoms with Crippen LogP contribution in [0.2, 0.25) is 0 Å². The van der Waals surface area contributed by atoms with Crippen molar-refractivity contribution < 1.29 is 9.32 Å². The highest BCUT2D eigenvalue weighted by molar-refractivity contribution is 8.18. The van der Waals surface area contributed by atoms with Crippen molar-refractivity contribution in [2.75, 3.05) is 11.9 Å². The molecule has 1 atom stereocenters. The van der Waals surface area contributed by atoms with E-state index in [1.807, 2.05) is 79.8 Å². The molecular weight excluding hydrogens is 435 g/mol. The Hall–Kier alpha value is -3.01. The van der Waals surface area contributed by atoms with Crippen molar-refractivity contribution in [2.45, 2.75) is 19.3 Å². The number of rotatable bonds is 2. The van der Waals surface area contributed by atoms with Gasteiger partial charge >= 0.3 is 0 Å². The van der Waals surface area contributed by atoms with Crippen LogP contribution in [0, 0.1) is 0 Å². The lowest BCUT2D eigenvalue weighted by atomic mass is 9.83. The van der Waals surface area contributed by atoms with Crippen LogP contribution < -0.4 is 10.2 Å². The standard InChI is InChI=1S/C26H23N2O2PS/c1-26(2)20-16-10-11-17-21(20)28(3)23(26)22-24(29)27-25(18-12-6-4-7-13-18)30-31(22,32)19-14-8-5-9-15-19/h4-17H,1-3H3. The zero-order chi connectivity index (χ0) is 22.5. The summed E-state index contributed by atoms with van der Waals surface area (Å²) in [5.74, 6) is -0.0203. The lowest BCUT2D eigenvalue weighted by Gasteiger charge is -2.34. The average Bonchev–Trinajstić information content (AvgIpc) is 3.01. The second kappa shape index (κ2) is 7.54. The van der Waals surface area contributed by atoms with Crippen molar-refractivity contribution >= 4 is 40.9 Å². The van der Waals surface area contributed by atoms with Crippen molar-refractivity contribution in [1.29, 1.82) is 0 Å². The molecule has 0 fully saturated rings. The summed E-state index contributed by atoms with van der Waals surface area (Å²) in [6, 6.07) is 27.4. The number of para-hydroxylation sites is 1. The molecule has 4 nitrogen and oxygen atoms in total. The van der Waals surface area contributed by atoms with Crippen molar-refractivity contribution in [1.82, 2.24) is 0 Å². The highest BCUT2D eigenvalue weighted by Gasteiger charge is 2.48. The van der Waals surface area contributed by atoms with E-state index in [2.05, 4.69) is 35.9 Å². The SMILES string of the molecule is CN1C(=C2C(=O)N=C(c3ccccc3)OP2(=S)c2ccccc2)C(C)(C)c2ccccc21. The van der Waals surface area contributed by atoms with Gasteiger partial charge in [0.1, 0.15) is 5.31 Å². The number of amides is 1. The molecule has 0 aromatic heterocycles. The lowest BCUT2D eigenvalue weighted by Crippen LogP contribution is -2.31. The number of fused-ring (bicyclic) bond motifs is 1. The van der Waals surface area contributed by atoms with Crippen LogP contribution in [0.5, 0.6) is 0 Å². The van der Waals surface area contributed by atoms with Gasteiger partial charge in [-0.2, -0.15) is 4.99 Å². The van der Waals surface area contributed by atoms with Crippen LogP contribution in [0.4, 0.5) is 5.69 Å². The Balaban J connectivity index is 1.80. The molecule has 32 heavy (non-hydrogen) atoms. The van der Waals surface area contributed by atoms with Crippen molar-refractivity contribution in [3.8, 4) is 0 Å². The molecule has 2 aliphatic rings. The Kier molecular flexibility index (Phi) is 4.92. The van der Waals surface area contributed by atoms with Gasteiger partial charge in [-0.3, -0.25) is 4.79 Å². The van der Waals surface area contributed by atoms with E-state index in [-0.39, 0.29) is 5.91 Å². The van der Waals surface area contributed by atoms with Gasteiger partial charge in [-0.05, 0) is 35.6 Å². The molecule has 3 aromatic carbocycles.